The van der Waals surface area contributed by atoms with Crippen LogP contribution in [0.3, 0.4) is 0 Å². The van der Waals surface area contributed by atoms with Crippen LogP contribution in [0.5, 0.6) is 0 Å². The number of amides is 2. The van der Waals surface area contributed by atoms with Gasteiger partial charge in [-0.3, -0.25) is 14.3 Å². The van der Waals surface area contributed by atoms with Crippen molar-refractivity contribution >= 4 is 29.9 Å². The summed E-state index contributed by atoms with van der Waals surface area (Å²) >= 11 is 0. The Morgan fingerprint density at radius 3 is 2.69 bits per heavy atom. The molecule has 0 unspecified atom stereocenters. The standard InChI is InChI=1S/C18H23N5O2.ClH/c1-22(12-17(24)21-14-6-4-3-5-7-14)18(25)16-10-19-9-15(16)13-8-20-23(2)11-13;/h3-8,11,15-16,19H,9-10,12H2,1-2H3,(H,21,24);1H/t15-,16+;/m1./s1. The van der Waals surface area contributed by atoms with Crippen molar-refractivity contribution in [1.29, 1.82) is 0 Å². The lowest BCUT2D eigenvalue weighted by molar-refractivity contribution is -0.136. The third-order valence-electron chi connectivity index (χ3n) is 4.50. The molecule has 7 nitrogen and oxygen atoms in total. The highest BCUT2D eigenvalue weighted by atomic mass is 35.5. The van der Waals surface area contributed by atoms with Crippen molar-refractivity contribution in [3.63, 3.8) is 0 Å². The molecule has 0 radical (unpaired) electrons. The van der Waals surface area contributed by atoms with Gasteiger partial charge in [0.05, 0.1) is 18.7 Å². The van der Waals surface area contributed by atoms with E-state index in [0.29, 0.717) is 6.54 Å². The number of halogens is 1. The zero-order valence-electron chi connectivity index (χ0n) is 14.9. The Morgan fingerprint density at radius 2 is 2.04 bits per heavy atom. The number of para-hydroxylation sites is 1. The SMILES string of the molecule is CN(CC(=O)Nc1ccccc1)C(=O)[C@H]1CNC[C@@H]1c1cnn(C)c1.Cl. The van der Waals surface area contributed by atoms with E-state index >= 15 is 0 Å². The number of benzene rings is 1. The summed E-state index contributed by atoms with van der Waals surface area (Å²) in [4.78, 5) is 26.5. The van der Waals surface area contributed by atoms with Crippen molar-refractivity contribution in [2.75, 3.05) is 32.0 Å². The van der Waals surface area contributed by atoms with Crippen molar-refractivity contribution in [3.05, 3.63) is 48.3 Å². The molecule has 1 saturated heterocycles. The number of anilines is 1. The van der Waals surface area contributed by atoms with Crippen LogP contribution in [0.4, 0.5) is 5.69 Å². The molecular formula is C18H24ClN5O2. The molecule has 3 rings (SSSR count). The van der Waals surface area contributed by atoms with E-state index in [4.69, 9.17) is 0 Å². The van der Waals surface area contributed by atoms with Gasteiger partial charge in [-0.2, -0.15) is 5.10 Å². The number of rotatable bonds is 5. The molecule has 2 N–H and O–H groups in total. The second kappa shape index (κ2) is 8.82. The van der Waals surface area contributed by atoms with Gasteiger partial charge in [-0.1, -0.05) is 18.2 Å². The Morgan fingerprint density at radius 1 is 1.31 bits per heavy atom. The first kappa shape index (κ1) is 19.9. The van der Waals surface area contributed by atoms with Crippen molar-refractivity contribution in [2.45, 2.75) is 5.92 Å². The lowest BCUT2D eigenvalue weighted by atomic mass is 9.90. The van der Waals surface area contributed by atoms with Crippen LogP contribution in [0.1, 0.15) is 11.5 Å². The lowest BCUT2D eigenvalue weighted by Crippen LogP contribution is -2.40. The highest BCUT2D eigenvalue weighted by molar-refractivity contribution is 5.94. The van der Waals surface area contributed by atoms with Gasteiger partial charge >= 0.3 is 0 Å². The molecule has 1 aliphatic heterocycles. The lowest BCUT2D eigenvalue weighted by Gasteiger charge is -2.23. The maximum absolute atomic E-state index is 12.8. The van der Waals surface area contributed by atoms with E-state index in [-0.39, 0.29) is 42.6 Å². The monoisotopic (exact) mass is 377 g/mol. The maximum Gasteiger partial charge on any atom is 0.243 e. The summed E-state index contributed by atoms with van der Waals surface area (Å²) < 4.78 is 1.74. The van der Waals surface area contributed by atoms with Gasteiger partial charge in [0.15, 0.2) is 0 Å². The molecule has 2 amide bonds. The quantitative estimate of drug-likeness (QED) is 0.821. The number of nitrogens with one attached hydrogen (secondary N) is 2. The van der Waals surface area contributed by atoms with Gasteiger partial charge in [-0.05, 0) is 17.7 Å². The molecule has 1 aromatic carbocycles. The van der Waals surface area contributed by atoms with E-state index in [9.17, 15) is 9.59 Å². The Kier molecular flexibility index (Phi) is 6.76. The second-order valence-corrected chi connectivity index (χ2v) is 6.43. The Labute approximate surface area is 159 Å². The predicted octanol–water partition coefficient (Wildman–Crippen LogP) is 1.24. The molecule has 0 bridgehead atoms. The summed E-state index contributed by atoms with van der Waals surface area (Å²) in [5.74, 6) is -0.326. The molecule has 2 heterocycles. The van der Waals surface area contributed by atoms with Crippen LogP contribution in [0.2, 0.25) is 0 Å². The molecule has 8 heteroatoms. The number of hydrogen-bond donors (Lipinski definition) is 2. The highest BCUT2D eigenvalue weighted by Crippen LogP contribution is 2.29. The fourth-order valence-corrected chi connectivity index (χ4v) is 3.22. The number of carbonyl (C=O) groups excluding carboxylic acids is 2. The first-order valence-electron chi connectivity index (χ1n) is 8.33. The Hall–Kier alpha value is -2.38. The number of aryl methyl sites for hydroxylation is 1. The first-order chi connectivity index (χ1) is 12.0. The van der Waals surface area contributed by atoms with Crippen LogP contribution in [0.25, 0.3) is 0 Å². The zero-order valence-corrected chi connectivity index (χ0v) is 15.7. The van der Waals surface area contributed by atoms with Gasteiger partial charge in [0.2, 0.25) is 11.8 Å². The summed E-state index contributed by atoms with van der Waals surface area (Å²) in [6.45, 7) is 1.39. The molecular weight excluding hydrogens is 354 g/mol. The molecule has 0 saturated carbocycles. The van der Waals surface area contributed by atoms with Crippen molar-refractivity contribution < 1.29 is 9.59 Å². The fourth-order valence-electron chi connectivity index (χ4n) is 3.22. The number of hydrogen-bond acceptors (Lipinski definition) is 4. The van der Waals surface area contributed by atoms with E-state index in [1.54, 1.807) is 17.9 Å². The first-order valence-corrected chi connectivity index (χ1v) is 8.33. The normalized spacial score (nSPS) is 18.8. The third-order valence-corrected chi connectivity index (χ3v) is 4.50. The van der Waals surface area contributed by atoms with E-state index in [1.807, 2.05) is 43.6 Å². The molecule has 2 atom stereocenters. The smallest absolute Gasteiger partial charge is 0.243 e. The molecule has 140 valence electrons. The zero-order chi connectivity index (χ0) is 17.8. The van der Waals surface area contributed by atoms with Crippen LogP contribution in [0.15, 0.2) is 42.7 Å². The highest BCUT2D eigenvalue weighted by Gasteiger charge is 2.36. The summed E-state index contributed by atoms with van der Waals surface area (Å²) in [6.07, 6.45) is 3.75. The Bertz CT molecular complexity index is 749. The van der Waals surface area contributed by atoms with Crippen LogP contribution >= 0.6 is 12.4 Å². The van der Waals surface area contributed by atoms with Gasteiger partial charge < -0.3 is 15.5 Å². The molecule has 1 aromatic heterocycles. The summed E-state index contributed by atoms with van der Waals surface area (Å²) in [6, 6.07) is 9.23. The predicted molar refractivity (Wildman–Crippen MR) is 102 cm³/mol. The topological polar surface area (TPSA) is 79.3 Å². The summed E-state index contributed by atoms with van der Waals surface area (Å²) in [7, 11) is 3.54. The summed E-state index contributed by atoms with van der Waals surface area (Å²) in [5, 5.41) is 10.3. The fraction of sp³-hybridized carbons (Fsp3) is 0.389. The van der Waals surface area contributed by atoms with Crippen molar-refractivity contribution in [2.24, 2.45) is 13.0 Å². The third kappa shape index (κ3) is 4.62. The van der Waals surface area contributed by atoms with E-state index in [1.165, 1.54) is 4.90 Å². The van der Waals surface area contributed by atoms with Gasteiger partial charge in [0.1, 0.15) is 0 Å². The van der Waals surface area contributed by atoms with Crippen LogP contribution in [-0.2, 0) is 16.6 Å². The maximum atomic E-state index is 12.8. The van der Waals surface area contributed by atoms with Crippen LogP contribution in [0, 0.1) is 5.92 Å². The van der Waals surface area contributed by atoms with Gasteiger partial charge in [0.25, 0.3) is 0 Å². The van der Waals surface area contributed by atoms with Gasteiger partial charge in [-0.25, -0.2) is 0 Å². The molecule has 1 fully saturated rings. The molecule has 1 aliphatic rings. The molecule has 0 aliphatic carbocycles. The average Bonchev–Trinajstić information content (AvgIpc) is 3.23. The van der Waals surface area contributed by atoms with Crippen LogP contribution in [-0.4, -0.2) is 53.2 Å². The van der Waals surface area contributed by atoms with Crippen LogP contribution < -0.4 is 10.6 Å². The average molecular weight is 378 g/mol. The minimum absolute atomic E-state index is 0. The number of nitrogens with zero attached hydrogens (tertiary/aromatic N) is 3. The van der Waals surface area contributed by atoms with E-state index < -0.39 is 0 Å². The van der Waals surface area contributed by atoms with Crippen molar-refractivity contribution in [3.8, 4) is 0 Å². The van der Waals surface area contributed by atoms with E-state index in [2.05, 4.69) is 15.7 Å². The minimum atomic E-state index is -0.203. The van der Waals surface area contributed by atoms with Crippen molar-refractivity contribution in [1.82, 2.24) is 20.0 Å². The molecule has 0 spiro atoms. The number of carbonyl (C=O) groups is 2. The molecule has 2 aromatic rings. The Balaban J connectivity index is 0.00000243. The second-order valence-electron chi connectivity index (χ2n) is 6.43. The van der Waals surface area contributed by atoms with Gasteiger partial charge in [-0.15, -0.1) is 12.4 Å². The number of aromatic nitrogens is 2. The summed E-state index contributed by atoms with van der Waals surface area (Å²) in [5.41, 5.74) is 1.78. The minimum Gasteiger partial charge on any atom is -0.336 e. The molecule has 26 heavy (non-hydrogen) atoms. The van der Waals surface area contributed by atoms with E-state index in [0.717, 1.165) is 17.8 Å². The number of likely N-dealkylation sites (N-methyl/N-ethyl adjacent to an activating group) is 1. The van der Waals surface area contributed by atoms with Gasteiger partial charge in [0, 0.05) is 45.0 Å². The largest absolute Gasteiger partial charge is 0.336 e.